The molecule has 1 aromatic heterocycles. The molecule has 0 radical (unpaired) electrons. The van der Waals surface area contributed by atoms with E-state index in [9.17, 15) is 4.79 Å². The summed E-state index contributed by atoms with van der Waals surface area (Å²) in [6.07, 6.45) is 1.56. The summed E-state index contributed by atoms with van der Waals surface area (Å²) in [6, 6.07) is 13.6. The SMILES string of the molecule is CC(C)(C)C(=O)NCCCc1nc2ccccc2n1Cc1c(Cl)cccc1Cl. The van der Waals surface area contributed by atoms with Gasteiger partial charge in [0.15, 0.2) is 0 Å². The molecule has 0 spiro atoms. The number of nitrogens with one attached hydrogen (secondary N) is 1. The molecule has 0 aliphatic rings. The lowest BCUT2D eigenvalue weighted by Crippen LogP contribution is -2.35. The number of nitrogens with zero attached hydrogens (tertiary/aromatic N) is 2. The smallest absolute Gasteiger partial charge is 0.225 e. The second kappa shape index (κ2) is 8.54. The van der Waals surface area contributed by atoms with Crippen LogP contribution in [0, 0.1) is 5.41 Å². The number of rotatable bonds is 6. The van der Waals surface area contributed by atoms with Gasteiger partial charge in [-0.05, 0) is 30.7 Å². The van der Waals surface area contributed by atoms with E-state index in [1.165, 1.54) is 0 Å². The fourth-order valence-electron chi connectivity index (χ4n) is 3.05. The van der Waals surface area contributed by atoms with E-state index >= 15 is 0 Å². The van der Waals surface area contributed by atoms with Crippen molar-refractivity contribution in [1.82, 2.24) is 14.9 Å². The highest BCUT2D eigenvalue weighted by Crippen LogP contribution is 2.27. The van der Waals surface area contributed by atoms with Gasteiger partial charge in [0.2, 0.25) is 5.91 Å². The molecule has 1 heterocycles. The summed E-state index contributed by atoms with van der Waals surface area (Å²) in [5.41, 5.74) is 2.50. The van der Waals surface area contributed by atoms with E-state index in [0.717, 1.165) is 35.3 Å². The minimum Gasteiger partial charge on any atom is -0.356 e. The number of aromatic nitrogens is 2. The number of aryl methyl sites for hydroxylation is 1. The number of benzene rings is 2. The molecule has 1 N–H and O–H groups in total. The van der Waals surface area contributed by atoms with Gasteiger partial charge in [-0.2, -0.15) is 0 Å². The zero-order valence-electron chi connectivity index (χ0n) is 16.4. The number of amides is 1. The van der Waals surface area contributed by atoms with E-state index in [1.807, 2.05) is 57.2 Å². The third kappa shape index (κ3) is 4.68. The van der Waals surface area contributed by atoms with Crippen LogP contribution in [0.3, 0.4) is 0 Å². The van der Waals surface area contributed by atoms with E-state index < -0.39 is 0 Å². The Morgan fingerprint density at radius 2 is 1.75 bits per heavy atom. The Hall–Kier alpha value is -2.04. The molecular weight excluding hydrogens is 393 g/mol. The third-order valence-electron chi connectivity index (χ3n) is 4.66. The Kier molecular flexibility index (Phi) is 6.31. The summed E-state index contributed by atoms with van der Waals surface area (Å²) in [5, 5.41) is 4.29. The summed E-state index contributed by atoms with van der Waals surface area (Å²) < 4.78 is 2.16. The van der Waals surface area contributed by atoms with Crippen molar-refractivity contribution in [1.29, 1.82) is 0 Å². The number of imidazole rings is 1. The van der Waals surface area contributed by atoms with Crippen LogP contribution in [-0.4, -0.2) is 22.0 Å². The molecule has 0 aliphatic heterocycles. The van der Waals surface area contributed by atoms with Gasteiger partial charge in [0.05, 0.1) is 17.6 Å². The van der Waals surface area contributed by atoms with Crippen LogP contribution in [0.2, 0.25) is 10.0 Å². The largest absolute Gasteiger partial charge is 0.356 e. The summed E-state index contributed by atoms with van der Waals surface area (Å²) >= 11 is 12.8. The van der Waals surface area contributed by atoms with Gasteiger partial charge in [-0.3, -0.25) is 4.79 Å². The van der Waals surface area contributed by atoms with Crippen LogP contribution in [0.15, 0.2) is 42.5 Å². The van der Waals surface area contributed by atoms with Crippen molar-refractivity contribution in [3.05, 3.63) is 63.9 Å². The third-order valence-corrected chi connectivity index (χ3v) is 5.36. The lowest BCUT2D eigenvalue weighted by atomic mass is 9.96. The van der Waals surface area contributed by atoms with Gasteiger partial charge in [-0.25, -0.2) is 4.98 Å². The number of fused-ring (bicyclic) bond motifs is 1. The molecular formula is C22H25Cl2N3O. The summed E-state index contributed by atoms with van der Waals surface area (Å²) in [7, 11) is 0. The molecule has 0 fully saturated rings. The molecule has 6 heteroatoms. The predicted octanol–water partition coefficient (Wildman–Crippen LogP) is 5.49. The maximum absolute atomic E-state index is 12.0. The van der Waals surface area contributed by atoms with Crippen molar-refractivity contribution in [3.63, 3.8) is 0 Å². The summed E-state index contributed by atoms with van der Waals surface area (Å²) in [4.78, 5) is 16.8. The van der Waals surface area contributed by atoms with Crippen molar-refractivity contribution in [3.8, 4) is 0 Å². The molecule has 0 aliphatic carbocycles. The molecule has 0 bridgehead atoms. The van der Waals surface area contributed by atoms with Crippen LogP contribution in [0.1, 0.15) is 38.6 Å². The second-order valence-corrected chi connectivity index (χ2v) is 8.73. The molecule has 1 amide bonds. The predicted molar refractivity (Wildman–Crippen MR) is 116 cm³/mol. The normalized spacial score (nSPS) is 11.8. The van der Waals surface area contributed by atoms with Crippen molar-refractivity contribution in [2.45, 2.75) is 40.2 Å². The zero-order valence-corrected chi connectivity index (χ0v) is 17.9. The molecule has 0 unspecified atom stereocenters. The Bertz CT molecular complexity index is 969. The van der Waals surface area contributed by atoms with E-state index in [1.54, 1.807) is 0 Å². The van der Waals surface area contributed by atoms with E-state index in [0.29, 0.717) is 23.1 Å². The Morgan fingerprint density at radius 3 is 2.43 bits per heavy atom. The summed E-state index contributed by atoms with van der Waals surface area (Å²) in [6.45, 7) is 6.91. The first-order valence-electron chi connectivity index (χ1n) is 9.42. The van der Waals surface area contributed by atoms with Crippen molar-refractivity contribution >= 4 is 40.1 Å². The number of para-hydroxylation sites is 2. The maximum Gasteiger partial charge on any atom is 0.225 e. The molecule has 2 aromatic carbocycles. The maximum atomic E-state index is 12.0. The first kappa shape index (κ1) is 20.7. The summed E-state index contributed by atoms with van der Waals surface area (Å²) in [5.74, 6) is 1.02. The molecule has 148 valence electrons. The highest BCUT2D eigenvalue weighted by molar-refractivity contribution is 6.36. The first-order chi connectivity index (χ1) is 13.3. The van der Waals surface area contributed by atoms with Crippen LogP contribution in [-0.2, 0) is 17.8 Å². The van der Waals surface area contributed by atoms with Gasteiger partial charge in [-0.1, -0.05) is 62.2 Å². The average Bonchev–Trinajstić information content (AvgIpc) is 2.98. The lowest BCUT2D eigenvalue weighted by Gasteiger charge is -2.17. The first-order valence-corrected chi connectivity index (χ1v) is 10.2. The standard InChI is InChI=1S/C22H25Cl2N3O/c1-22(2,3)21(28)25-13-7-12-20-26-18-10-4-5-11-19(18)27(20)14-15-16(23)8-6-9-17(15)24/h4-6,8-11H,7,12-14H2,1-3H3,(H,25,28). The van der Waals surface area contributed by atoms with Gasteiger partial charge >= 0.3 is 0 Å². The van der Waals surface area contributed by atoms with Crippen molar-refractivity contribution < 1.29 is 4.79 Å². The van der Waals surface area contributed by atoms with Gasteiger partial charge in [0, 0.05) is 34.0 Å². The van der Waals surface area contributed by atoms with Gasteiger partial charge in [0.25, 0.3) is 0 Å². The molecule has 3 rings (SSSR count). The van der Waals surface area contributed by atoms with E-state index in [4.69, 9.17) is 28.2 Å². The minimum absolute atomic E-state index is 0.0591. The monoisotopic (exact) mass is 417 g/mol. The molecule has 28 heavy (non-hydrogen) atoms. The molecule has 0 atom stereocenters. The second-order valence-electron chi connectivity index (χ2n) is 7.91. The Labute approximate surface area is 175 Å². The Morgan fingerprint density at radius 1 is 1.07 bits per heavy atom. The molecule has 4 nitrogen and oxygen atoms in total. The van der Waals surface area contributed by atoms with Crippen LogP contribution in [0.5, 0.6) is 0 Å². The van der Waals surface area contributed by atoms with E-state index in [2.05, 4.69) is 16.0 Å². The zero-order chi connectivity index (χ0) is 20.3. The molecule has 3 aromatic rings. The molecule has 0 saturated heterocycles. The highest BCUT2D eigenvalue weighted by atomic mass is 35.5. The fraction of sp³-hybridized carbons (Fsp3) is 0.364. The minimum atomic E-state index is -0.381. The van der Waals surface area contributed by atoms with Crippen molar-refractivity contribution in [2.24, 2.45) is 5.41 Å². The van der Waals surface area contributed by atoms with Crippen LogP contribution in [0.25, 0.3) is 11.0 Å². The topological polar surface area (TPSA) is 46.9 Å². The van der Waals surface area contributed by atoms with Crippen molar-refractivity contribution in [2.75, 3.05) is 6.54 Å². The fourth-order valence-corrected chi connectivity index (χ4v) is 3.56. The van der Waals surface area contributed by atoms with Crippen LogP contribution < -0.4 is 5.32 Å². The van der Waals surface area contributed by atoms with Gasteiger partial charge in [0.1, 0.15) is 5.82 Å². The molecule has 0 saturated carbocycles. The van der Waals surface area contributed by atoms with Gasteiger partial charge in [-0.15, -0.1) is 0 Å². The average molecular weight is 418 g/mol. The van der Waals surface area contributed by atoms with Crippen LogP contribution >= 0.6 is 23.2 Å². The number of halogens is 2. The van der Waals surface area contributed by atoms with Gasteiger partial charge < -0.3 is 9.88 Å². The van der Waals surface area contributed by atoms with Crippen LogP contribution in [0.4, 0.5) is 0 Å². The number of carbonyl (C=O) groups is 1. The number of hydrogen-bond acceptors (Lipinski definition) is 2. The Balaban J connectivity index is 1.81. The quantitative estimate of drug-likeness (QED) is 0.539. The number of carbonyl (C=O) groups excluding carboxylic acids is 1. The number of hydrogen-bond donors (Lipinski definition) is 1. The lowest BCUT2D eigenvalue weighted by molar-refractivity contribution is -0.128. The van der Waals surface area contributed by atoms with E-state index in [-0.39, 0.29) is 11.3 Å². The highest BCUT2D eigenvalue weighted by Gasteiger charge is 2.20.